The van der Waals surface area contributed by atoms with Crippen LogP contribution in [0.5, 0.6) is 0 Å². The molecule has 2 aromatic heterocycles. The topological polar surface area (TPSA) is 128 Å². The zero-order chi connectivity index (χ0) is 18.2. The zero-order valence-corrected chi connectivity index (χ0v) is 14.7. The van der Waals surface area contributed by atoms with Crippen LogP contribution in [-0.4, -0.2) is 34.3 Å². The van der Waals surface area contributed by atoms with Crippen LogP contribution in [0.25, 0.3) is 11.1 Å². The van der Waals surface area contributed by atoms with Gasteiger partial charge in [0.15, 0.2) is 5.03 Å². The van der Waals surface area contributed by atoms with Crippen molar-refractivity contribution in [2.45, 2.75) is 16.5 Å². The lowest BCUT2D eigenvalue weighted by atomic mass is 10.1. The van der Waals surface area contributed by atoms with Crippen molar-refractivity contribution in [1.29, 1.82) is 0 Å². The fourth-order valence-electron chi connectivity index (χ4n) is 2.25. The number of sulfone groups is 1. The minimum Gasteiger partial charge on any atom is -0.478 e. The molecule has 0 spiro atoms. The van der Waals surface area contributed by atoms with Crippen LogP contribution in [0.4, 0.5) is 0 Å². The average molecular weight is 378 g/mol. The van der Waals surface area contributed by atoms with E-state index in [1.54, 1.807) is 17.9 Å². The van der Waals surface area contributed by atoms with Crippen molar-refractivity contribution < 1.29 is 18.3 Å². The summed E-state index contributed by atoms with van der Waals surface area (Å²) in [6.07, 6.45) is 3.21. The molecule has 10 heteroatoms. The summed E-state index contributed by atoms with van der Waals surface area (Å²) in [5.74, 6) is -1.22. The van der Waals surface area contributed by atoms with Crippen molar-refractivity contribution in [2.75, 3.05) is 0 Å². The van der Waals surface area contributed by atoms with Crippen LogP contribution >= 0.6 is 11.3 Å². The van der Waals surface area contributed by atoms with Gasteiger partial charge in [-0.1, -0.05) is 0 Å². The number of carboxylic acid groups (broad SMARTS) is 1. The van der Waals surface area contributed by atoms with Gasteiger partial charge in [0, 0.05) is 30.7 Å². The van der Waals surface area contributed by atoms with Crippen LogP contribution in [0, 0.1) is 0 Å². The highest BCUT2D eigenvalue weighted by molar-refractivity contribution is 7.91. The molecular weight excluding hydrogens is 364 g/mol. The highest BCUT2D eigenvalue weighted by atomic mass is 32.2. The maximum Gasteiger partial charge on any atom is 0.335 e. The predicted octanol–water partition coefficient (Wildman–Crippen LogP) is 1.53. The van der Waals surface area contributed by atoms with Crippen molar-refractivity contribution in [1.82, 2.24) is 14.8 Å². The molecule has 25 heavy (non-hydrogen) atoms. The molecule has 0 saturated carbocycles. The van der Waals surface area contributed by atoms with Gasteiger partial charge >= 0.3 is 5.97 Å². The van der Waals surface area contributed by atoms with E-state index in [-0.39, 0.29) is 22.0 Å². The zero-order valence-electron chi connectivity index (χ0n) is 13.1. The van der Waals surface area contributed by atoms with E-state index in [0.29, 0.717) is 16.1 Å². The molecule has 130 valence electrons. The predicted molar refractivity (Wildman–Crippen MR) is 91.1 cm³/mol. The molecule has 3 aromatic rings. The monoisotopic (exact) mass is 378 g/mol. The second-order valence-corrected chi connectivity index (χ2v) is 8.08. The number of rotatable bonds is 5. The first-order valence-corrected chi connectivity index (χ1v) is 9.44. The molecule has 8 nitrogen and oxygen atoms in total. The molecular formula is C15H14N4O4S2. The normalized spacial score (nSPS) is 11.6. The lowest BCUT2D eigenvalue weighted by molar-refractivity contribution is 0.0696. The molecule has 0 radical (unpaired) electrons. The van der Waals surface area contributed by atoms with Gasteiger partial charge in [0.05, 0.1) is 16.7 Å². The van der Waals surface area contributed by atoms with Gasteiger partial charge in [0.25, 0.3) is 0 Å². The summed E-state index contributed by atoms with van der Waals surface area (Å²) in [5.41, 5.74) is 6.41. The van der Waals surface area contributed by atoms with E-state index in [9.17, 15) is 18.3 Å². The molecule has 0 unspecified atom stereocenters. The molecule has 0 aliphatic heterocycles. The van der Waals surface area contributed by atoms with Crippen molar-refractivity contribution in [2.24, 2.45) is 12.8 Å². The smallest absolute Gasteiger partial charge is 0.335 e. The number of aromatic carboxylic acids is 1. The molecule has 2 heterocycles. The van der Waals surface area contributed by atoms with Crippen LogP contribution < -0.4 is 5.73 Å². The van der Waals surface area contributed by atoms with E-state index < -0.39 is 15.8 Å². The van der Waals surface area contributed by atoms with Crippen molar-refractivity contribution in [3.05, 3.63) is 46.5 Å². The summed E-state index contributed by atoms with van der Waals surface area (Å²) in [4.78, 5) is 15.3. The van der Waals surface area contributed by atoms with Crippen LogP contribution in [-0.2, 0) is 23.4 Å². The van der Waals surface area contributed by atoms with Gasteiger partial charge in [0.2, 0.25) is 9.84 Å². The molecule has 0 saturated heterocycles. The quantitative estimate of drug-likeness (QED) is 0.689. The SMILES string of the molecule is Cn1cc(-c2cc(C(=O)O)cc(S(=O)(=O)c3csc(CN)n3)c2)cn1. The standard InChI is InChI=1S/C15H14N4O4S2/c1-19-7-11(6-17-19)9-2-10(15(20)21)4-12(3-9)25(22,23)14-8-24-13(5-16)18-14/h2-4,6-8H,5,16H2,1H3,(H,20,21). The maximum absolute atomic E-state index is 12.8. The van der Waals surface area contributed by atoms with Gasteiger partial charge in [-0.3, -0.25) is 4.68 Å². The molecule has 0 bridgehead atoms. The van der Waals surface area contributed by atoms with Gasteiger partial charge in [-0.05, 0) is 23.8 Å². The van der Waals surface area contributed by atoms with E-state index in [1.807, 2.05) is 0 Å². The maximum atomic E-state index is 12.8. The fraction of sp³-hybridized carbons (Fsp3) is 0.133. The highest BCUT2D eigenvalue weighted by Crippen LogP contribution is 2.28. The first-order chi connectivity index (χ1) is 11.8. The minimum absolute atomic E-state index is 0.130. The minimum atomic E-state index is -3.95. The molecule has 0 amide bonds. The molecule has 0 atom stereocenters. The summed E-state index contributed by atoms with van der Waals surface area (Å²) in [6.45, 7) is 0.135. The van der Waals surface area contributed by atoms with Crippen LogP contribution in [0.3, 0.4) is 0 Å². The van der Waals surface area contributed by atoms with Crippen molar-refractivity contribution in [3.8, 4) is 11.1 Å². The number of nitrogens with two attached hydrogens (primary N) is 1. The molecule has 3 N–H and O–H groups in total. The van der Waals surface area contributed by atoms with E-state index in [0.717, 1.165) is 17.4 Å². The summed E-state index contributed by atoms with van der Waals surface area (Å²) in [6, 6.07) is 3.95. The third-order valence-electron chi connectivity index (χ3n) is 3.48. The Bertz CT molecular complexity index is 1050. The Balaban J connectivity index is 2.17. The molecule has 0 aliphatic carbocycles. The Kier molecular flexibility index (Phi) is 4.41. The molecule has 0 aliphatic rings. The van der Waals surface area contributed by atoms with E-state index in [1.165, 1.54) is 23.7 Å². The number of hydrogen-bond donors (Lipinski definition) is 2. The third kappa shape index (κ3) is 3.31. The second-order valence-electron chi connectivity index (χ2n) is 5.24. The van der Waals surface area contributed by atoms with Crippen LogP contribution in [0.1, 0.15) is 15.4 Å². The number of aryl methyl sites for hydroxylation is 1. The Morgan fingerprint density at radius 1 is 1.32 bits per heavy atom. The fourth-order valence-corrected chi connectivity index (χ4v) is 4.53. The van der Waals surface area contributed by atoms with Crippen LogP contribution in [0.15, 0.2) is 45.9 Å². The third-order valence-corrected chi connectivity index (χ3v) is 6.12. The number of hydrogen-bond acceptors (Lipinski definition) is 7. The number of nitrogens with zero attached hydrogens (tertiary/aromatic N) is 3. The Morgan fingerprint density at radius 3 is 2.64 bits per heavy atom. The van der Waals surface area contributed by atoms with E-state index >= 15 is 0 Å². The van der Waals surface area contributed by atoms with Crippen molar-refractivity contribution in [3.63, 3.8) is 0 Å². The largest absolute Gasteiger partial charge is 0.478 e. The lowest BCUT2D eigenvalue weighted by Crippen LogP contribution is -2.06. The second kappa shape index (κ2) is 6.39. The number of carboxylic acids is 1. The summed E-state index contributed by atoms with van der Waals surface area (Å²) >= 11 is 1.14. The van der Waals surface area contributed by atoms with Gasteiger partial charge in [-0.15, -0.1) is 11.3 Å². The Labute approximate surface area is 147 Å². The summed E-state index contributed by atoms with van der Waals surface area (Å²) in [7, 11) is -2.24. The van der Waals surface area contributed by atoms with Gasteiger partial charge in [-0.25, -0.2) is 18.2 Å². The van der Waals surface area contributed by atoms with Crippen LogP contribution in [0.2, 0.25) is 0 Å². The van der Waals surface area contributed by atoms with Gasteiger partial charge < -0.3 is 10.8 Å². The number of thiazole rings is 1. The first-order valence-electron chi connectivity index (χ1n) is 7.08. The van der Waals surface area contributed by atoms with E-state index in [2.05, 4.69) is 10.1 Å². The molecule has 3 rings (SSSR count). The average Bonchev–Trinajstić information content (AvgIpc) is 3.23. The number of benzene rings is 1. The first kappa shape index (κ1) is 17.3. The van der Waals surface area contributed by atoms with Gasteiger partial charge in [-0.2, -0.15) is 5.10 Å². The summed E-state index contributed by atoms with van der Waals surface area (Å²) < 4.78 is 27.2. The summed E-state index contributed by atoms with van der Waals surface area (Å²) in [5, 5.41) is 15.1. The lowest BCUT2D eigenvalue weighted by Gasteiger charge is -2.07. The Hall–Kier alpha value is -2.56. The molecule has 0 fully saturated rings. The Morgan fingerprint density at radius 2 is 2.08 bits per heavy atom. The van der Waals surface area contributed by atoms with E-state index in [4.69, 9.17) is 5.73 Å². The van der Waals surface area contributed by atoms with Crippen molar-refractivity contribution >= 4 is 27.1 Å². The number of aromatic nitrogens is 3. The van der Waals surface area contributed by atoms with Gasteiger partial charge in [0.1, 0.15) is 5.01 Å². The molecule has 1 aromatic carbocycles. The highest BCUT2D eigenvalue weighted by Gasteiger charge is 2.24. The number of carbonyl (C=O) groups is 1.